The largest absolute Gasteiger partial charge is 0.465 e. The fraction of sp³-hybridized carbons (Fsp3) is 0.677. The van der Waals surface area contributed by atoms with Crippen LogP contribution < -0.4 is 15.5 Å². The number of hydrogen-bond donors (Lipinski definition) is 2. The van der Waals surface area contributed by atoms with Gasteiger partial charge in [0.05, 0.1) is 31.4 Å². The Bertz CT molecular complexity index is 1050. The zero-order chi connectivity index (χ0) is 30.0. The number of rotatable bonds is 20. The molecular formula is C31H49N5O6. The van der Waals surface area contributed by atoms with Gasteiger partial charge in [0.15, 0.2) is 0 Å². The van der Waals surface area contributed by atoms with Gasteiger partial charge in [0, 0.05) is 39.5 Å². The van der Waals surface area contributed by atoms with E-state index in [4.69, 9.17) is 18.6 Å². The molecule has 1 aliphatic rings. The van der Waals surface area contributed by atoms with Gasteiger partial charge in [-0.15, -0.1) is 5.10 Å². The van der Waals surface area contributed by atoms with Gasteiger partial charge in [0.25, 0.3) is 0 Å². The predicted octanol–water partition coefficient (Wildman–Crippen LogP) is 5.35. The Morgan fingerprint density at radius 2 is 1.48 bits per heavy atom. The highest BCUT2D eigenvalue weighted by Gasteiger charge is 2.36. The summed E-state index contributed by atoms with van der Waals surface area (Å²) in [6.07, 6.45) is 14.8. The molecule has 1 aliphatic heterocycles. The van der Waals surface area contributed by atoms with Gasteiger partial charge in [-0.1, -0.05) is 69.3 Å². The van der Waals surface area contributed by atoms with Crippen LogP contribution in [0.25, 0.3) is 11.5 Å². The van der Waals surface area contributed by atoms with Gasteiger partial charge in [-0.2, -0.15) is 0 Å². The van der Waals surface area contributed by atoms with Crippen molar-refractivity contribution in [1.82, 2.24) is 20.8 Å². The quantitative estimate of drug-likeness (QED) is 0.156. The van der Waals surface area contributed by atoms with Crippen molar-refractivity contribution in [3.05, 3.63) is 29.8 Å². The van der Waals surface area contributed by atoms with Crippen LogP contribution in [-0.2, 0) is 14.2 Å². The van der Waals surface area contributed by atoms with Crippen molar-refractivity contribution in [2.75, 3.05) is 52.5 Å². The first-order valence-corrected chi connectivity index (χ1v) is 15.4. The van der Waals surface area contributed by atoms with E-state index in [-0.39, 0.29) is 18.2 Å². The molecule has 2 N–H and O–H groups in total. The summed E-state index contributed by atoms with van der Waals surface area (Å²) in [5.41, 5.74) is 1.13. The highest BCUT2D eigenvalue weighted by Crippen LogP contribution is 2.26. The van der Waals surface area contributed by atoms with Crippen molar-refractivity contribution in [1.29, 1.82) is 0 Å². The lowest BCUT2D eigenvalue weighted by Crippen LogP contribution is -2.48. The lowest BCUT2D eigenvalue weighted by Gasteiger charge is -2.18. The summed E-state index contributed by atoms with van der Waals surface area (Å²) in [4.78, 5) is 26.1. The average molecular weight is 588 g/mol. The molecule has 2 heterocycles. The van der Waals surface area contributed by atoms with Crippen LogP contribution in [0.15, 0.2) is 28.7 Å². The van der Waals surface area contributed by atoms with Crippen LogP contribution in [0.4, 0.5) is 10.8 Å². The number of anilines is 1. The maximum atomic E-state index is 12.5. The first kappa shape index (κ1) is 33.3. The third-order valence-corrected chi connectivity index (χ3v) is 7.68. The second-order valence-corrected chi connectivity index (χ2v) is 10.9. The molecule has 0 aliphatic carbocycles. The van der Waals surface area contributed by atoms with Crippen molar-refractivity contribution in [2.45, 2.75) is 89.2 Å². The first-order chi connectivity index (χ1) is 20.5. The molecule has 11 heteroatoms. The Labute approximate surface area is 250 Å². The van der Waals surface area contributed by atoms with E-state index in [0.717, 1.165) is 19.4 Å². The summed E-state index contributed by atoms with van der Waals surface area (Å²) >= 11 is 0. The normalized spacial score (nSPS) is 16.5. The van der Waals surface area contributed by atoms with Crippen LogP contribution in [-0.4, -0.2) is 81.9 Å². The minimum Gasteiger partial charge on any atom is -0.465 e. The molecule has 42 heavy (non-hydrogen) atoms. The molecule has 11 nitrogen and oxygen atoms in total. The van der Waals surface area contributed by atoms with Gasteiger partial charge < -0.3 is 34.2 Å². The Balaban J connectivity index is 1.27. The van der Waals surface area contributed by atoms with E-state index in [2.05, 4.69) is 20.8 Å². The highest BCUT2D eigenvalue weighted by atomic mass is 16.5. The maximum Gasteiger partial charge on any atom is 0.337 e. The lowest BCUT2D eigenvalue weighted by molar-refractivity contribution is 0.0600. The monoisotopic (exact) mass is 587 g/mol. The van der Waals surface area contributed by atoms with Crippen LogP contribution in [0.5, 0.6) is 0 Å². The molecule has 2 atom stereocenters. The van der Waals surface area contributed by atoms with E-state index < -0.39 is 5.97 Å². The van der Waals surface area contributed by atoms with Crippen molar-refractivity contribution < 1.29 is 28.2 Å². The van der Waals surface area contributed by atoms with Crippen molar-refractivity contribution in [3.8, 4) is 11.5 Å². The molecule has 2 amide bonds. The number of aromatic nitrogens is 2. The molecule has 0 unspecified atom stereocenters. The predicted molar refractivity (Wildman–Crippen MR) is 162 cm³/mol. The molecule has 0 bridgehead atoms. The number of benzene rings is 1. The number of methoxy groups -OCH3 is 3. The number of esters is 1. The van der Waals surface area contributed by atoms with E-state index in [1.165, 1.54) is 71.3 Å². The van der Waals surface area contributed by atoms with E-state index in [0.29, 0.717) is 42.7 Å². The molecule has 234 valence electrons. The number of carbonyl (C=O) groups is 2. The Morgan fingerprint density at radius 3 is 2.07 bits per heavy atom. The zero-order valence-electron chi connectivity index (χ0n) is 25.6. The Kier molecular flexibility index (Phi) is 15.1. The molecule has 3 rings (SSSR count). The molecule has 1 saturated heterocycles. The Hall–Kier alpha value is -3.18. The molecule has 0 spiro atoms. The van der Waals surface area contributed by atoms with Crippen LogP contribution in [0.1, 0.15) is 87.4 Å². The maximum absolute atomic E-state index is 12.5. The molecule has 0 saturated carbocycles. The molecule has 1 aromatic heterocycles. The molecule has 2 aromatic rings. The Morgan fingerprint density at radius 1 is 0.857 bits per heavy atom. The SMILES string of the molecule is COCCCCCCCCCCCCCCNC(=O)N[C@H]1CN(c2nnc(-c3ccc(C(=O)OC)cc3)o2)C[C@@H]1OC. The summed E-state index contributed by atoms with van der Waals surface area (Å²) < 4.78 is 21.3. The topological polar surface area (TPSA) is 128 Å². The minimum absolute atomic E-state index is 0.192. The van der Waals surface area contributed by atoms with E-state index in [9.17, 15) is 9.59 Å². The fourth-order valence-electron chi connectivity index (χ4n) is 5.19. The number of nitrogens with one attached hydrogen (secondary N) is 2. The van der Waals surface area contributed by atoms with Gasteiger partial charge in [-0.05, 0) is 37.1 Å². The summed E-state index contributed by atoms with van der Waals surface area (Å²) in [5, 5.41) is 14.3. The van der Waals surface area contributed by atoms with Gasteiger partial charge in [0.1, 0.15) is 0 Å². The minimum atomic E-state index is -0.407. The second-order valence-electron chi connectivity index (χ2n) is 10.9. The van der Waals surface area contributed by atoms with Crippen molar-refractivity contribution in [2.24, 2.45) is 0 Å². The number of unbranched alkanes of at least 4 members (excludes halogenated alkanes) is 11. The van der Waals surface area contributed by atoms with Gasteiger partial charge >= 0.3 is 18.0 Å². The standard InChI is InChI=1S/C31H49N5O6/c1-39-21-15-13-11-9-7-5-4-6-8-10-12-14-20-32-30(38)33-26-22-36(23-27(26)40-2)31-35-34-28(42-31)24-16-18-25(19-17-24)29(37)41-3/h16-19,26-27H,4-15,20-23H2,1-3H3,(H2,32,33,38)/t26-,27-/m0/s1. The van der Waals surface area contributed by atoms with E-state index in [1.807, 2.05) is 4.90 Å². The van der Waals surface area contributed by atoms with E-state index in [1.54, 1.807) is 38.5 Å². The third kappa shape index (κ3) is 11.2. The number of hydrogen-bond acceptors (Lipinski definition) is 9. The van der Waals surface area contributed by atoms with Crippen LogP contribution in [0.3, 0.4) is 0 Å². The number of amides is 2. The average Bonchev–Trinajstić information content (AvgIpc) is 3.66. The van der Waals surface area contributed by atoms with Gasteiger partial charge in [-0.3, -0.25) is 0 Å². The number of nitrogens with zero attached hydrogens (tertiary/aromatic N) is 3. The highest BCUT2D eigenvalue weighted by molar-refractivity contribution is 5.89. The lowest BCUT2D eigenvalue weighted by atomic mass is 10.1. The van der Waals surface area contributed by atoms with Crippen molar-refractivity contribution in [3.63, 3.8) is 0 Å². The number of carbonyl (C=O) groups excluding carboxylic acids is 2. The first-order valence-electron chi connectivity index (χ1n) is 15.4. The van der Waals surface area contributed by atoms with E-state index >= 15 is 0 Å². The molecular weight excluding hydrogens is 538 g/mol. The van der Waals surface area contributed by atoms with Gasteiger partial charge in [-0.25, -0.2) is 9.59 Å². The third-order valence-electron chi connectivity index (χ3n) is 7.68. The number of urea groups is 1. The van der Waals surface area contributed by atoms with Gasteiger partial charge in [0.2, 0.25) is 5.89 Å². The summed E-state index contributed by atoms with van der Waals surface area (Å²) in [6, 6.07) is 6.71. The second kappa shape index (κ2) is 19.1. The summed E-state index contributed by atoms with van der Waals surface area (Å²) in [6.45, 7) is 2.55. The summed E-state index contributed by atoms with van der Waals surface area (Å²) in [7, 11) is 4.74. The zero-order valence-corrected chi connectivity index (χ0v) is 25.6. The van der Waals surface area contributed by atoms with Crippen LogP contribution >= 0.6 is 0 Å². The molecule has 0 radical (unpaired) electrons. The fourth-order valence-corrected chi connectivity index (χ4v) is 5.19. The summed E-state index contributed by atoms with van der Waals surface area (Å²) in [5.74, 6) is -0.0657. The molecule has 1 fully saturated rings. The number of ether oxygens (including phenoxy) is 3. The van der Waals surface area contributed by atoms with Crippen LogP contribution in [0, 0.1) is 0 Å². The van der Waals surface area contributed by atoms with Crippen molar-refractivity contribution >= 4 is 18.0 Å². The molecule has 1 aromatic carbocycles. The smallest absolute Gasteiger partial charge is 0.337 e. The van der Waals surface area contributed by atoms with Crippen LogP contribution in [0.2, 0.25) is 0 Å².